The van der Waals surface area contributed by atoms with Crippen LogP contribution >= 0.6 is 11.8 Å². The van der Waals surface area contributed by atoms with Crippen molar-refractivity contribution in [3.8, 4) is 5.75 Å². The van der Waals surface area contributed by atoms with Crippen LogP contribution in [0.3, 0.4) is 0 Å². The van der Waals surface area contributed by atoms with E-state index in [1.807, 2.05) is 77.7 Å². The number of nitrogens with one attached hydrogen (secondary N) is 1. The summed E-state index contributed by atoms with van der Waals surface area (Å²) in [6.45, 7) is 2.71. The smallest absolute Gasteiger partial charge is 0.262 e. The van der Waals surface area contributed by atoms with E-state index in [9.17, 15) is 9.59 Å². The minimum absolute atomic E-state index is 0.0210. The fourth-order valence-corrected chi connectivity index (χ4v) is 5.15. The summed E-state index contributed by atoms with van der Waals surface area (Å²) in [5.74, 6) is 0.662. The van der Waals surface area contributed by atoms with Crippen LogP contribution in [0.1, 0.15) is 15.9 Å². The van der Waals surface area contributed by atoms with E-state index >= 15 is 0 Å². The number of fused-ring (bicyclic) bond motifs is 1. The van der Waals surface area contributed by atoms with E-state index in [0.717, 1.165) is 35.0 Å². The lowest BCUT2D eigenvalue weighted by Gasteiger charge is -2.36. The van der Waals surface area contributed by atoms with Crippen molar-refractivity contribution in [1.82, 2.24) is 4.90 Å². The van der Waals surface area contributed by atoms with Crippen LogP contribution in [0.2, 0.25) is 0 Å². The summed E-state index contributed by atoms with van der Waals surface area (Å²) in [6, 6.07) is 23.3. The molecule has 0 atom stereocenters. The van der Waals surface area contributed by atoms with E-state index in [0.29, 0.717) is 29.2 Å². The SMILES string of the molecule is COc1ccccc1N1CCN(C(=O)c2ccc3c(c2)NC(=O)/C(=C/c2ccccc2)S3)CC1. The Balaban J connectivity index is 1.27. The zero-order valence-corrected chi connectivity index (χ0v) is 19.7. The molecule has 0 aliphatic carbocycles. The molecule has 7 heteroatoms. The average Bonchev–Trinajstić information content (AvgIpc) is 2.89. The third-order valence-corrected chi connectivity index (χ3v) is 7.11. The third kappa shape index (κ3) is 4.52. The van der Waals surface area contributed by atoms with Crippen LogP contribution in [0.15, 0.2) is 82.6 Å². The highest BCUT2D eigenvalue weighted by Crippen LogP contribution is 2.39. The fourth-order valence-electron chi connectivity index (χ4n) is 4.22. The van der Waals surface area contributed by atoms with Crippen molar-refractivity contribution in [2.24, 2.45) is 0 Å². The van der Waals surface area contributed by atoms with Gasteiger partial charge in [-0.25, -0.2) is 0 Å². The molecule has 2 amide bonds. The van der Waals surface area contributed by atoms with Gasteiger partial charge in [-0.05, 0) is 42.0 Å². The van der Waals surface area contributed by atoms with Crippen molar-refractivity contribution in [2.75, 3.05) is 43.5 Å². The van der Waals surface area contributed by atoms with E-state index in [-0.39, 0.29) is 11.8 Å². The zero-order valence-electron chi connectivity index (χ0n) is 18.9. The maximum atomic E-state index is 13.2. The van der Waals surface area contributed by atoms with E-state index in [1.165, 1.54) is 11.8 Å². The van der Waals surface area contributed by atoms with Gasteiger partial charge in [-0.15, -0.1) is 0 Å². The number of carbonyl (C=O) groups is 2. The lowest BCUT2D eigenvalue weighted by molar-refractivity contribution is -0.112. The van der Waals surface area contributed by atoms with Gasteiger partial charge in [-0.1, -0.05) is 54.2 Å². The molecule has 0 radical (unpaired) electrons. The number of piperazine rings is 1. The number of benzene rings is 3. The Bertz CT molecular complexity index is 1250. The number of hydrogen-bond acceptors (Lipinski definition) is 5. The second-order valence-electron chi connectivity index (χ2n) is 8.14. The molecule has 0 unspecified atom stereocenters. The molecule has 1 saturated heterocycles. The quantitative estimate of drug-likeness (QED) is 0.557. The second kappa shape index (κ2) is 9.65. The molecule has 2 heterocycles. The largest absolute Gasteiger partial charge is 0.495 e. The predicted molar refractivity (Wildman–Crippen MR) is 136 cm³/mol. The van der Waals surface area contributed by atoms with Crippen molar-refractivity contribution in [2.45, 2.75) is 4.90 Å². The normalized spacial score (nSPS) is 16.7. The summed E-state index contributed by atoms with van der Waals surface area (Å²) in [6.07, 6.45) is 1.88. The van der Waals surface area contributed by atoms with Gasteiger partial charge in [-0.3, -0.25) is 9.59 Å². The molecule has 2 aliphatic rings. The Hall–Kier alpha value is -3.71. The predicted octanol–water partition coefficient (Wildman–Crippen LogP) is 4.74. The number of rotatable bonds is 4. The molecule has 0 spiro atoms. The van der Waals surface area contributed by atoms with E-state index in [2.05, 4.69) is 10.2 Å². The summed E-state index contributed by atoms with van der Waals surface area (Å²) < 4.78 is 5.48. The van der Waals surface area contributed by atoms with Gasteiger partial charge in [0, 0.05) is 36.6 Å². The van der Waals surface area contributed by atoms with Gasteiger partial charge in [0.05, 0.1) is 23.4 Å². The van der Waals surface area contributed by atoms with E-state index in [1.54, 1.807) is 13.2 Å². The van der Waals surface area contributed by atoms with Gasteiger partial charge in [0.1, 0.15) is 5.75 Å². The molecule has 172 valence electrons. The number of thioether (sulfide) groups is 1. The lowest BCUT2D eigenvalue weighted by atomic mass is 10.1. The van der Waals surface area contributed by atoms with Crippen LogP contribution in [-0.2, 0) is 4.79 Å². The molecule has 2 aliphatic heterocycles. The molecule has 1 fully saturated rings. The molecule has 5 rings (SSSR count). The highest BCUT2D eigenvalue weighted by Gasteiger charge is 2.26. The standard InChI is InChI=1S/C27H25N3O3S/c1-33-23-10-6-5-9-22(23)29-13-15-30(16-14-29)27(32)20-11-12-24-21(18-20)28-26(31)25(34-24)17-19-7-3-2-4-8-19/h2-12,17-18H,13-16H2,1H3,(H,28,31)/b25-17-. The summed E-state index contributed by atoms with van der Waals surface area (Å²) in [7, 11) is 1.67. The maximum absolute atomic E-state index is 13.2. The Morgan fingerprint density at radius 3 is 2.47 bits per heavy atom. The third-order valence-electron chi connectivity index (χ3n) is 6.01. The van der Waals surface area contributed by atoms with Crippen LogP contribution in [0.5, 0.6) is 5.75 Å². The van der Waals surface area contributed by atoms with Gasteiger partial charge in [0.25, 0.3) is 11.8 Å². The highest BCUT2D eigenvalue weighted by atomic mass is 32.2. The molecule has 3 aromatic rings. The van der Waals surface area contributed by atoms with Crippen LogP contribution < -0.4 is 15.0 Å². The van der Waals surface area contributed by atoms with Crippen LogP contribution in [0, 0.1) is 0 Å². The van der Waals surface area contributed by atoms with E-state index < -0.39 is 0 Å². The van der Waals surface area contributed by atoms with Gasteiger partial charge in [0.15, 0.2) is 0 Å². The number of amides is 2. The minimum Gasteiger partial charge on any atom is -0.495 e. The molecule has 0 aromatic heterocycles. The van der Waals surface area contributed by atoms with Gasteiger partial charge in [0.2, 0.25) is 0 Å². The van der Waals surface area contributed by atoms with Crippen LogP contribution in [0.4, 0.5) is 11.4 Å². The molecular formula is C27H25N3O3S. The number of para-hydroxylation sites is 2. The minimum atomic E-state index is -0.156. The molecule has 0 saturated carbocycles. The number of carbonyl (C=O) groups excluding carboxylic acids is 2. The first-order valence-corrected chi connectivity index (χ1v) is 12.0. The summed E-state index contributed by atoms with van der Waals surface area (Å²) in [5, 5.41) is 2.95. The van der Waals surface area contributed by atoms with Gasteiger partial charge in [-0.2, -0.15) is 0 Å². The zero-order chi connectivity index (χ0) is 23.5. The Morgan fingerprint density at radius 2 is 1.71 bits per heavy atom. The molecule has 3 aromatic carbocycles. The van der Waals surface area contributed by atoms with Crippen molar-refractivity contribution in [3.05, 3.63) is 88.8 Å². The number of anilines is 2. The lowest BCUT2D eigenvalue weighted by Crippen LogP contribution is -2.48. The Kier molecular flexibility index (Phi) is 6.27. The topological polar surface area (TPSA) is 61.9 Å². The summed E-state index contributed by atoms with van der Waals surface area (Å²) in [4.78, 5) is 31.5. The van der Waals surface area contributed by atoms with Crippen molar-refractivity contribution in [3.63, 3.8) is 0 Å². The van der Waals surface area contributed by atoms with Gasteiger partial charge < -0.3 is 19.9 Å². The van der Waals surface area contributed by atoms with Crippen molar-refractivity contribution >= 4 is 41.0 Å². The van der Waals surface area contributed by atoms with Crippen LogP contribution in [-0.4, -0.2) is 50.0 Å². The Morgan fingerprint density at radius 1 is 0.971 bits per heavy atom. The molecule has 1 N–H and O–H groups in total. The first kappa shape index (κ1) is 22.1. The number of nitrogens with zero attached hydrogens (tertiary/aromatic N) is 2. The number of methoxy groups -OCH3 is 1. The molecule has 0 bridgehead atoms. The fraction of sp³-hybridized carbons (Fsp3) is 0.185. The van der Waals surface area contributed by atoms with Crippen molar-refractivity contribution < 1.29 is 14.3 Å². The van der Waals surface area contributed by atoms with Crippen LogP contribution in [0.25, 0.3) is 6.08 Å². The summed E-state index contributed by atoms with van der Waals surface area (Å²) >= 11 is 1.42. The molecular weight excluding hydrogens is 446 g/mol. The first-order chi connectivity index (χ1) is 16.6. The molecule has 34 heavy (non-hydrogen) atoms. The average molecular weight is 472 g/mol. The first-order valence-electron chi connectivity index (χ1n) is 11.2. The number of ether oxygens (including phenoxy) is 1. The molecule has 6 nitrogen and oxygen atoms in total. The van der Waals surface area contributed by atoms with E-state index in [4.69, 9.17) is 4.74 Å². The Labute approximate surface area is 203 Å². The second-order valence-corrected chi connectivity index (χ2v) is 9.22. The number of hydrogen-bond donors (Lipinski definition) is 1. The van der Waals surface area contributed by atoms with Gasteiger partial charge >= 0.3 is 0 Å². The maximum Gasteiger partial charge on any atom is 0.262 e. The highest BCUT2D eigenvalue weighted by molar-refractivity contribution is 8.04. The van der Waals surface area contributed by atoms with Crippen molar-refractivity contribution in [1.29, 1.82) is 0 Å². The summed E-state index contributed by atoms with van der Waals surface area (Å²) in [5.41, 5.74) is 3.28. The monoisotopic (exact) mass is 471 g/mol.